The van der Waals surface area contributed by atoms with Crippen LogP contribution in [-0.4, -0.2) is 32.2 Å². The molecule has 156 valence electrons. The molecule has 1 aromatic heterocycles. The van der Waals surface area contributed by atoms with E-state index >= 15 is 0 Å². The first-order valence-corrected chi connectivity index (χ1v) is 10.5. The zero-order valence-electron chi connectivity index (χ0n) is 17.0. The monoisotopic (exact) mass is 426 g/mol. The van der Waals surface area contributed by atoms with E-state index in [1.807, 2.05) is 39.1 Å². The van der Waals surface area contributed by atoms with Crippen LogP contribution in [0.1, 0.15) is 46.4 Å². The molecule has 0 fully saturated rings. The number of carbonyl (C=O) groups excluding carboxylic acids is 2. The van der Waals surface area contributed by atoms with Gasteiger partial charge in [-0.1, -0.05) is 43.8 Å². The smallest absolute Gasteiger partial charge is 0.251 e. The minimum absolute atomic E-state index is 0.0826. The highest BCUT2D eigenvalue weighted by atomic mass is 32.2. The van der Waals surface area contributed by atoms with Gasteiger partial charge in [-0.25, -0.2) is 4.39 Å². The van der Waals surface area contributed by atoms with E-state index in [2.05, 4.69) is 15.5 Å². The van der Waals surface area contributed by atoms with Crippen LogP contribution in [0.4, 0.5) is 4.39 Å². The number of ketones is 1. The summed E-state index contributed by atoms with van der Waals surface area (Å²) < 4.78 is 14.8. The minimum atomic E-state index is -0.380. The van der Waals surface area contributed by atoms with E-state index in [1.165, 1.54) is 36.0 Å². The molecule has 0 radical (unpaired) electrons. The number of aromatic nitrogens is 3. The average Bonchev–Trinajstić information content (AvgIpc) is 3.11. The van der Waals surface area contributed by atoms with Gasteiger partial charge < -0.3 is 9.88 Å². The highest BCUT2D eigenvalue weighted by Crippen LogP contribution is 2.25. The van der Waals surface area contributed by atoms with Crippen LogP contribution in [0.25, 0.3) is 0 Å². The Balaban J connectivity index is 1.70. The molecule has 1 amide bonds. The van der Waals surface area contributed by atoms with Gasteiger partial charge in [-0.3, -0.25) is 9.59 Å². The molecule has 0 saturated carbocycles. The van der Waals surface area contributed by atoms with Gasteiger partial charge in [0.25, 0.3) is 5.91 Å². The van der Waals surface area contributed by atoms with Crippen LogP contribution in [0, 0.1) is 11.7 Å². The van der Waals surface area contributed by atoms with E-state index in [0.29, 0.717) is 22.1 Å². The number of amides is 1. The summed E-state index contributed by atoms with van der Waals surface area (Å²) in [4.78, 5) is 24.9. The molecule has 0 bridgehead atoms. The Morgan fingerprint density at radius 3 is 2.33 bits per heavy atom. The Bertz CT molecular complexity index is 1020. The summed E-state index contributed by atoms with van der Waals surface area (Å²) in [5, 5.41) is 12.0. The molecule has 2 aromatic carbocycles. The number of halogens is 1. The van der Waals surface area contributed by atoms with Gasteiger partial charge in [0.1, 0.15) is 5.82 Å². The third-order valence-electron chi connectivity index (χ3n) is 4.63. The fraction of sp³-hybridized carbons (Fsp3) is 0.273. The van der Waals surface area contributed by atoms with Gasteiger partial charge in [-0.2, -0.15) is 0 Å². The maximum atomic E-state index is 13.0. The molecule has 1 heterocycles. The summed E-state index contributed by atoms with van der Waals surface area (Å²) in [6, 6.07) is 14.1. The molecule has 3 aromatic rings. The lowest BCUT2D eigenvalue weighted by Crippen LogP contribution is -2.33. The van der Waals surface area contributed by atoms with Crippen LogP contribution in [0.3, 0.4) is 0 Å². The Morgan fingerprint density at radius 2 is 1.70 bits per heavy atom. The quantitative estimate of drug-likeness (QED) is 0.434. The van der Waals surface area contributed by atoms with Gasteiger partial charge in [-0.05, 0) is 42.3 Å². The van der Waals surface area contributed by atoms with Gasteiger partial charge in [0.2, 0.25) is 0 Å². The summed E-state index contributed by atoms with van der Waals surface area (Å²) in [7, 11) is 1.81. The number of nitrogens with zero attached hydrogens (tertiary/aromatic N) is 3. The standard InChI is InChI=1S/C22H23FN4O2S/c1-14(2)19(24-21(29)16-7-5-4-6-8-16)20-25-26-22(27(20)3)30-13-18(28)15-9-11-17(23)12-10-15/h4-12,14,19H,13H2,1-3H3,(H,24,29)/t19-/m0/s1. The third-order valence-corrected chi connectivity index (χ3v) is 5.65. The molecule has 3 rings (SSSR count). The van der Waals surface area contributed by atoms with Crippen molar-refractivity contribution in [3.05, 3.63) is 77.4 Å². The predicted octanol–water partition coefficient (Wildman–Crippen LogP) is 4.06. The van der Waals surface area contributed by atoms with E-state index < -0.39 is 0 Å². The van der Waals surface area contributed by atoms with Crippen molar-refractivity contribution >= 4 is 23.5 Å². The molecule has 0 saturated heterocycles. The second-order valence-corrected chi connectivity index (χ2v) is 8.12. The molecular formula is C22H23FN4O2S. The second kappa shape index (κ2) is 9.67. The van der Waals surface area contributed by atoms with E-state index in [-0.39, 0.29) is 35.2 Å². The Labute approximate surface area is 178 Å². The lowest BCUT2D eigenvalue weighted by molar-refractivity contribution is 0.0921. The van der Waals surface area contributed by atoms with E-state index in [1.54, 1.807) is 16.7 Å². The first-order valence-electron chi connectivity index (χ1n) is 9.53. The van der Waals surface area contributed by atoms with Crippen LogP contribution < -0.4 is 5.32 Å². The fourth-order valence-electron chi connectivity index (χ4n) is 2.92. The van der Waals surface area contributed by atoms with Crippen molar-refractivity contribution in [1.29, 1.82) is 0 Å². The van der Waals surface area contributed by atoms with Crippen LogP contribution >= 0.6 is 11.8 Å². The number of hydrogen-bond donors (Lipinski definition) is 1. The average molecular weight is 427 g/mol. The summed E-state index contributed by atoms with van der Waals surface area (Å²) in [5.41, 5.74) is 1.02. The van der Waals surface area contributed by atoms with Crippen molar-refractivity contribution in [1.82, 2.24) is 20.1 Å². The maximum absolute atomic E-state index is 13.0. The predicted molar refractivity (Wildman–Crippen MR) is 114 cm³/mol. The molecule has 1 atom stereocenters. The minimum Gasteiger partial charge on any atom is -0.342 e. The van der Waals surface area contributed by atoms with Gasteiger partial charge in [0, 0.05) is 18.2 Å². The molecule has 1 N–H and O–H groups in total. The summed E-state index contributed by atoms with van der Waals surface area (Å²) in [5.74, 6) is 0.167. The van der Waals surface area contributed by atoms with Crippen molar-refractivity contribution < 1.29 is 14.0 Å². The Hall–Kier alpha value is -3.00. The van der Waals surface area contributed by atoms with Crippen LogP contribution in [-0.2, 0) is 7.05 Å². The number of carbonyl (C=O) groups is 2. The Morgan fingerprint density at radius 1 is 1.03 bits per heavy atom. The first-order chi connectivity index (χ1) is 14.4. The lowest BCUT2D eigenvalue weighted by Gasteiger charge is -2.21. The molecule has 30 heavy (non-hydrogen) atoms. The highest BCUT2D eigenvalue weighted by molar-refractivity contribution is 7.99. The van der Waals surface area contributed by atoms with E-state index in [0.717, 1.165) is 0 Å². The first kappa shape index (κ1) is 21.7. The van der Waals surface area contributed by atoms with Crippen LogP contribution in [0.2, 0.25) is 0 Å². The molecular weight excluding hydrogens is 403 g/mol. The summed E-state index contributed by atoms with van der Waals surface area (Å²) >= 11 is 1.25. The second-order valence-electron chi connectivity index (χ2n) is 7.18. The van der Waals surface area contributed by atoms with Gasteiger partial charge in [0.15, 0.2) is 16.8 Å². The van der Waals surface area contributed by atoms with Gasteiger partial charge in [-0.15, -0.1) is 10.2 Å². The van der Waals surface area contributed by atoms with Crippen molar-refractivity contribution in [2.75, 3.05) is 5.75 Å². The highest BCUT2D eigenvalue weighted by Gasteiger charge is 2.25. The van der Waals surface area contributed by atoms with E-state index in [4.69, 9.17) is 0 Å². The zero-order chi connectivity index (χ0) is 21.7. The fourth-order valence-corrected chi connectivity index (χ4v) is 3.73. The topological polar surface area (TPSA) is 76.9 Å². The number of hydrogen-bond acceptors (Lipinski definition) is 5. The normalized spacial score (nSPS) is 12.0. The van der Waals surface area contributed by atoms with Crippen LogP contribution in [0.5, 0.6) is 0 Å². The summed E-state index contributed by atoms with van der Waals surface area (Å²) in [6.45, 7) is 3.99. The number of benzene rings is 2. The number of thioether (sulfide) groups is 1. The van der Waals surface area contributed by atoms with Gasteiger partial charge in [0.05, 0.1) is 11.8 Å². The SMILES string of the molecule is CC(C)[C@H](NC(=O)c1ccccc1)c1nnc(SCC(=O)c2ccc(F)cc2)n1C. The maximum Gasteiger partial charge on any atom is 0.251 e. The zero-order valence-corrected chi connectivity index (χ0v) is 17.8. The third kappa shape index (κ3) is 5.13. The van der Waals surface area contributed by atoms with Crippen molar-refractivity contribution in [3.63, 3.8) is 0 Å². The van der Waals surface area contributed by atoms with Gasteiger partial charge >= 0.3 is 0 Å². The van der Waals surface area contributed by atoms with Crippen molar-refractivity contribution in [2.45, 2.75) is 25.0 Å². The molecule has 0 aliphatic rings. The number of rotatable bonds is 8. The number of nitrogens with one attached hydrogen (secondary N) is 1. The molecule has 8 heteroatoms. The van der Waals surface area contributed by atoms with Crippen molar-refractivity contribution in [2.24, 2.45) is 13.0 Å². The Kier molecular flexibility index (Phi) is 6.99. The van der Waals surface area contributed by atoms with Crippen LogP contribution in [0.15, 0.2) is 59.8 Å². The van der Waals surface area contributed by atoms with Crippen molar-refractivity contribution in [3.8, 4) is 0 Å². The molecule has 6 nitrogen and oxygen atoms in total. The number of Topliss-reactive ketones (excluding diaryl/α,β-unsaturated/α-hetero) is 1. The summed E-state index contributed by atoms with van der Waals surface area (Å²) in [6.07, 6.45) is 0. The van der Waals surface area contributed by atoms with E-state index in [9.17, 15) is 14.0 Å². The molecule has 0 spiro atoms. The molecule has 0 aliphatic heterocycles. The largest absolute Gasteiger partial charge is 0.342 e. The molecule has 0 aliphatic carbocycles. The lowest BCUT2D eigenvalue weighted by atomic mass is 10.0. The molecule has 0 unspecified atom stereocenters.